The molecule has 0 unspecified atom stereocenters. The van der Waals surface area contributed by atoms with Crippen molar-refractivity contribution >= 4 is 11.8 Å². The fourth-order valence-corrected chi connectivity index (χ4v) is 4.40. The van der Waals surface area contributed by atoms with Crippen LogP contribution in [0.15, 0.2) is 0 Å². The van der Waals surface area contributed by atoms with Crippen molar-refractivity contribution in [3.8, 4) is 0 Å². The normalized spacial score (nSPS) is 27.1. The highest BCUT2D eigenvalue weighted by Gasteiger charge is 2.36. The van der Waals surface area contributed by atoms with Crippen LogP contribution in [0.2, 0.25) is 0 Å². The van der Waals surface area contributed by atoms with Crippen LogP contribution in [0, 0.1) is 0 Å². The van der Waals surface area contributed by atoms with Crippen LogP contribution < -0.4 is 5.32 Å². The number of hydrogen-bond donors (Lipinski definition) is 1. The molecule has 2 aliphatic rings. The van der Waals surface area contributed by atoms with Crippen molar-refractivity contribution in [1.82, 2.24) is 10.2 Å². The van der Waals surface area contributed by atoms with Gasteiger partial charge in [-0.1, -0.05) is 6.92 Å². The van der Waals surface area contributed by atoms with Crippen molar-refractivity contribution < 1.29 is 17.9 Å². The van der Waals surface area contributed by atoms with Crippen LogP contribution in [0.3, 0.4) is 0 Å². The Kier molecular flexibility index (Phi) is 6.23. The van der Waals surface area contributed by atoms with E-state index in [1.54, 1.807) is 0 Å². The first kappa shape index (κ1) is 17.4. The van der Waals surface area contributed by atoms with E-state index in [4.69, 9.17) is 4.74 Å². The first-order valence-electron chi connectivity index (χ1n) is 7.67. The second kappa shape index (κ2) is 7.53. The van der Waals surface area contributed by atoms with Crippen LogP contribution >= 0.6 is 11.8 Å². The molecule has 124 valence electrons. The molecule has 0 saturated carbocycles. The Labute approximate surface area is 129 Å². The van der Waals surface area contributed by atoms with Gasteiger partial charge in [0.05, 0.1) is 6.54 Å². The fraction of sp³-hybridized carbons (Fsp3) is 1.00. The first-order valence-corrected chi connectivity index (χ1v) is 8.65. The Balaban J connectivity index is 1.77. The summed E-state index contributed by atoms with van der Waals surface area (Å²) in [6.07, 6.45) is -1.23. The Morgan fingerprint density at radius 2 is 2.05 bits per heavy atom. The number of nitrogens with zero attached hydrogens (tertiary/aromatic N) is 1. The van der Waals surface area contributed by atoms with E-state index in [9.17, 15) is 13.2 Å². The van der Waals surface area contributed by atoms with Gasteiger partial charge in [0.25, 0.3) is 0 Å². The summed E-state index contributed by atoms with van der Waals surface area (Å²) in [4.78, 5) is 1.50. The monoisotopic (exact) mass is 326 g/mol. The molecule has 0 amide bonds. The number of likely N-dealkylation sites (tertiary alicyclic amines) is 1. The van der Waals surface area contributed by atoms with Gasteiger partial charge in [0.2, 0.25) is 0 Å². The number of ether oxygens (including phenoxy) is 1. The van der Waals surface area contributed by atoms with E-state index in [2.05, 4.69) is 12.2 Å². The van der Waals surface area contributed by atoms with Crippen LogP contribution in [0.5, 0.6) is 0 Å². The van der Waals surface area contributed by atoms with Crippen LogP contribution in [0.25, 0.3) is 0 Å². The fourth-order valence-electron chi connectivity index (χ4n) is 3.15. The van der Waals surface area contributed by atoms with Gasteiger partial charge < -0.3 is 10.1 Å². The average molecular weight is 326 g/mol. The topological polar surface area (TPSA) is 24.5 Å². The third kappa shape index (κ3) is 5.62. The molecule has 0 aliphatic carbocycles. The average Bonchev–Trinajstić information content (AvgIpc) is 2.83. The maximum atomic E-state index is 12.4. The van der Waals surface area contributed by atoms with Gasteiger partial charge in [-0.3, -0.25) is 4.90 Å². The van der Waals surface area contributed by atoms with E-state index in [0.717, 1.165) is 44.8 Å². The highest BCUT2D eigenvalue weighted by atomic mass is 32.2. The Morgan fingerprint density at radius 3 is 2.67 bits per heavy atom. The van der Waals surface area contributed by atoms with Crippen LogP contribution in [-0.2, 0) is 4.74 Å². The molecule has 1 atom stereocenters. The highest BCUT2D eigenvalue weighted by Crippen LogP contribution is 2.35. The summed E-state index contributed by atoms with van der Waals surface area (Å²) >= 11 is 1.96. The zero-order chi connectivity index (χ0) is 15.3. The number of alkyl halides is 3. The smallest absolute Gasteiger partial charge is 0.381 e. The van der Waals surface area contributed by atoms with E-state index in [1.807, 2.05) is 11.8 Å². The summed E-state index contributed by atoms with van der Waals surface area (Å²) in [6, 6.07) is 0.185. The number of halogens is 3. The minimum absolute atomic E-state index is 0.185. The van der Waals surface area contributed by atoms with Gasteiger partial charge in [-0.2, -0.15) is 24.9 Å². The minimum atomic E-state index is -4.09. The number of hydrogen-bond acceptors (Lipinski definition) is 4. The Bertz CT molecular complexity index is 316. The van der Waals surface area contributed by atoms with Crippen molar-refractivity contribution in [1.29, 1.82) is 0 Å². The van der Waals surface area contributed by atoms with E-state index >= 15 is 0 Å². The van der Waals surface area contributed by atoms with Gasteiger partial charge in [0, 0.05) is 43.6 Å². The molecule has 2 heterocycles. The van der Waals surface area contributed by atoms with E-state index in [-0.39, 0.29) is 10.8 Å². The second-order valence-corrected chi connectivity index (χ2v) is 7.68. The lowest BCUT2D eigenvalue weighted by Gasteiger charge is -2.37. The molecule has 0 aromatic heterocycles. The molecule has 3 nitrogen and oxygen atoms in total. The largest absolute Gasteiger partial charge is 0.401 e. The summed E-state index contributed by atoms with van der Waals surface area (Å²) in [5.41, 5.74) is 0. The van der Waals surface area contributed by atoms with Gasteiger partial charge in [-0.25, -0.2) is 0 Å². The lowest BCUT2D eigenvalue weighted by Crippen LogP contribution is -2.46. The van der Waals surface area contributed by atoms with Crippen LogP contribution in [0.1, 0.15) is 26.2 Å². The van der Waals surface area contributed by atoms with Crippen molar-refractivity contribution in [2.45, 2.75) is 43.2 Å². The number of thioether (sulfide) groups is 1. The summed E-state index contributed by atoms with van der Waals surface area (Å²) < 4.78 is 42.8. The molecule has 0 radical (unpaired) electrons. The molecule has 2 aliphatic heterocycles. The maximum absolute atomic E-state index is 12.4. The lowest BCUT2D eigenvalue weighted by atomic mass is 9.98. The maximum Gasteiger partial charge on any atom is 0.401 e. The molecule has 0 aromatic rings. The van der Waals surface area contributed by atoms with Crippen LogP contribution in [-0.4, -0.2) is 67.0 Å². The molecule has 0 aromatic carbocycles. The van der Waals surface area contributed by atoms with Gasteiger partial charge in [-0.15, -0.1) is 0 Å². The second-order valence-electron chi connectivity index (χ2n) is 5.95. The molecule has 1 N–H and O–H groups in total. The van der Waals surface area contributed by atoms with Gasteiger partial charge in [-0.05, 0) is 25.0 Å². The van der Waals surface area contributed by atoms with E-state index in [0.29, 0.717) is 13.1 Å². The van der Waals surface area contributed by atoms with Crippen LogP contribution in [0.4, 0.5) is 13.2 Å². The molecular weight excluding hydrogens is 301 g/mol. The zero-order valence-corrected chi connectivity index (χ0v) is 13.4. The SMILES string of the molecule is CCSC1(CN[C@H]2CCN(CC(F)(F)F)C2)CCOCC1. The molecule has 2 fully saturated rings. The summed E-state index contributed by atoms with van der Waals surface area (Å²) in [7, 11) is 0. The summed E-state index contributed by atoms with van der Waals surface area (Å²) in [5, 5.41) is 3.51. The van der Waals surface area contributed by atoms with Crippen molar-refractivity contribution in [2.75, 3.05) is 45.1 Å². The molecule has 2 saturated heterocycles. The van der Waals surface area contributed by atoms with Crippen molar-refractivity contribution in [2.24, 2.45) is 0 Å². The first-order chi connectivity index (χ1) is 9.92. The van der Waals surface area contributed by atoms with Gasteiger partial charge >= 0.3 is 6.18 Å². The van der Waals surface area contributed by atoms with Gasteiger partial charge in [0.15, 0.2) is 0 Å². The molecule has 0 spiro atoms. The minimum Gasteiger partial charge on any atom is -0.381 e. The molecule has 7 heteroatoms. The summed E-state index contributed by atoms with van der Waals surface area (Å²) in [5.74, 6) is 1.06. The third-order valence-corrected chi connectivity index (χ3v) is 5.70. The zero-order valence-electron chi connectivity index (χ0n) is 12.5. The molecule has 2 rings (SSSR count). The van der Waals surface area contributed by atoms with E-state index in [1.165, 1.54) is 4.90 Å². The standard InChI is InChI=1S/C14H25F3N2OS/c1-2-21-13(4-7-20-8-5-13)10-18-12-3-6-19(9-12)11-14(15,16)17/h12,18H,2-11H2,1H3/t12-/m0/s1. The summed E-state index contributed by atoms with van der Waals surface area (Å²) in [6.45, 7) is 4.87. The van der Waals surface area contributed by atoms with Crippen molar-refractivity contribution in [3.05, 3.63) is 0 Å². The quantitative estimate of drug-likeness (QED) is 0.811. The van der Waals surface area contributed by atoms with Gasteiger partial charge in [0.1, 0.15) is 0 Å². The number of nitrogens with one attached hydrogen (secondary N) is 1. The van der Waals surface area contributed by atoms with Crippen molar-refractivity contribution in [3.63, 3.8) is 0 Å². The number of rotatable bonds is 6. The third-order valence-electron chi connectivity index (χ3n) is 4.24. The predicted molar refractivity (Wildman–Crippen MR) is 79.8 cm³/mol. The molecular formula is C14H25F3N2OS. The molecule has 21 heavy (non-hydrogen) atoms. The van der Waals surface area contributed by atoms with E-state index < -0.39 is 12.7 Å². The predicted octanol–water partition coefficient (Wildman–Crippen LogP) is 2.51. The lowest BCUT2D eigenvalue weighted by molar-refractivity contribution is -0.143. The highest BCUT2D eigenvalue weighted by molar-refractivity contribution is 8.00. The Hall–Kier alpha value is 0.0200. The Morgan fingerprint density at radius 1 is 1.33 bits per heavy atom. The molecule has 0 bridgehead atoms.